The highest BCUT2D eigenvalue weighted by atomic mass is 35.5. The Hall–Kier alpha value is -4.38. The van der Waals surface area contributed by atoms with Crippen LogP contribution in [-0.2, 0) is 16.0 Å². The van der Waals surface area contributed by atoms with Gasteiger partial charge in [0, 0.05) is 30.1 Å². The molecule has 3 heterocycles. The number of carbonyl (C=O) groups is 2. The summed E-state index contributed by atoms with van der Waals surface area (Å²) in [5.74, 6) is 0.358. The summed E-state index contributed by atoms with van der Waals surface area (Å²) in [6.07, 6.45) is 3.80. The number of carbonyl (C=O) groups excluding carboxylic acids is 2. The van der Waals surface area contributed by atoms with Crippen LogP contribution in [0.2, 0.25) is 5.02 Å². The van der Waals surface area contributed by atoms with E-state index in [4.69, 9.17) is 30.8 Å². The molecule has 1 unspecified atom stereocenters. The fourth-order valence-corrected chi connectivity index (χ4v) is 4.06. The number of alkyl carbamates (subject to hydrolysis) is 1. The standard InChI is InChI=1S/C29H33ClN6O5/c1-6-39-27(37)22-16-34-36-17-23(19-10-8-7-9-11-19)24(35-25(22)36)31-14-20-12-21(30)15-32-26(20)40-18(2)13-33-28(38)41-29(3,4)5/h7-12,15-18H,6,13-14H2,1-5H3,(H,31,35)(H,33,38). The van der Waals surface area contributed by atoms with E-state index in [1.807, 2.05) is 37.3 Å². The second-order valence-electron chi connectivity index (χ2n) is 10.2. The van der Waals surface area contributed by atoms with Crippen molar-refractivity contribution < 1.29 is 23.8 Å². The zero-order valence-electron chi connectivity index (χ0n) is 23.6. The molecule has 216 valence electrons. The zero-order valence-corrected chi connectivity index (χ0v) is 24.4. The zero-order chi connectivity index (χ0) is 29.6. The van der Waals surface area contributed by atoms with Gasteiger partial charge < -0.3 is 24.8 Å². The van der Waals surface area contributed by atoms with E-state index >= 15 is 0 Å². The van der Waals surface area contributed by atoms with Gasteiger partial charge in [0.1, 0.15) is 23.1 Å². The Labute approximate surface area is 243 Å². The highest BCUT2D eigenvalue weighted by Crippen LogP contribution is 2.29. The number of hydrogen-bond donors (Lipinski definition) is 2. The molecule has 1 aromatic carbocycles. The molecular weight excluding hydrogens is 548 g/mol. The predicted molar refractivity (Wildman–Crippen MR) is 155 cm³/mol. The van der Waals surface area contributed by atoms with Crippen LogP contribution in [0, 0.1) is 0 Å². The number of aromatic nitrogens is 4. The van der Waals surface area contributed by atoms with Gasteiger partial charge in [-0.2, -0.15) is 5.10 Å². The van der Waals surface area contributed by atoms with Gasteiger partial charge in [0.05, 0.1) is 24.4 Å². The highest BCUT2D eigenvalue weighted by Gasteiger charge is 2.20. The Balaban J connectivity index is 1.58. The number of esters is 1. The van der Waals surface area contributed by atoms with Crippen LogP contribution in [0.5, 0.6) is 5.88 Å². The van der Waals surface area contributed by atoms with Crippen LogP contribution in [-0.4, -0.2) is 56.5 Å². The van der Waals surface area contributed by atoms with Gasteiger partial charge in [-0.15, -0.1) is 0 Å². The SMILES string of the molecule is CCOC(=O)c1cnn2cc(-c3ccccc3)c(NCc3cc(Cl)cnc3OC(C)CNC(=O)OC(C)(C)C)nc12. The van der Waals surface area contributed by atoms with E-state index in [0.717, 1.165) is 11.1 Å². The first-order chi connectivity index (χ1) is 19.5. The van der Waals surface area contributed by atoms with Crippen molar-refractivity contribution >= 4 is 35.1 Å². The van der Waals surface area contributed by atoms with Crippen molar-refractivity contribution in [2.75, 3.05) is 18.5 Å². The lowest BCUT2D eigenvalue weighted by molar-refractivity contribution is 0.0500. The molecule has 12 heteroatoms. The molecule has 0 aliphatic carbocycles. The topological polar surface area (TPSA) is 129 Å². The average molecular weight is 581 g/mol. The van der Waals surface area contributed by atoms with Gasteiger partial charge in [0.15, 0.2) is 5.65 Å². The number of nitrogens with one attached hydrogen (secondary N) is 2. The minimum absolute atomic E-state index is 0.209. The van der Waals surface area contributed by atoms with E-state index in [2.05, 4.69) is 20.7 Å². The van der Waals surface area contributed by atoms with Crippen molar-refractivity contribution in [2.24, 2.45) is 0 Å². The fraction of sp³-hybridized carbons (Fsp3) is 0.345. The summed E-state index contributed by atoms with van der Waals surface area (Å²) >= 11 is 6.28. The van der Waals surface area contributed by atoms with E-state index in [1.165, 1.54) is 12.4 Å². The number of hydrogen-bond acceptors (Lipinski definition) is 9. The number of rotatable bonds is 10. The lowest BCUT2D eigenvalue weighted by Gasteiger charge is -2.21. The van der Waals surface area contributed by atoms with Gasteiger partial charge in [-0.25, -0.2) is 24.1 Å². The van der Waals surface area contributed by atoms with Gasteiger partial charge in [-0.1, -0.05) is 41.9 Å². The maximum absolute atomic E-state index is 12.5. The van der Waals surface area contributed by atoms with Gasteiger partial charge in [0.2, 0.25) is 5.88 Å². The first-order valence-corrected chi connectivity index (χ1v) is 13.5. The molecule has 0 bridgehead atoms. The third-order valence-electron chi connectivity index (χ3n) is 5.66. The molecule has 0 aliphatic rings. The molecule has 0 radical (unpaired) electrons. The maximum atomic E-state index is 12.5. The van der Waals surface area contributed by atoms with Crippen LogP contribution in [0.4, 0.5) is 10.6 Å². The molecule has 0 saturated carbocycles. The molecule has 0 fully saturated rings. The number of benzene rings is 1. The van der Waals surface area contributed by atoms with Crippen LogP contribution >= 0.6 is 11.6 Å². The number of fused-ring (bicyclic) bond motifs is 1. The molecular formula is C29H33ClN6O5. The molecule has 4 rings (SSSR count). The second-order valence-corrected chi connectivity index (χ2v) is 10.6. The molecule has 1 amide bonds. The lowest BCUT2D eigenvalue weighted by Crippen LogP contribution is -2.37. The minimum Gasteiger partial charge on any atom is -0.473 e. The first kappa shape index (κ1) is 29.6. The van der Waals surface area contributed by atoms with E-state index in [0.29, 0.717) is 27.9 Å². The summed E-state index contributed by atoms with van der Waals surface area (Å²) in [5.41, 5.74) is 2.35. The summed E-state index contributed by atoms with van der Waals surface area (Å²) < 4.78 is 18.1. The van der Waals surface area contributed by atoms with E-state index in [1.54, 1.807) is 44.5 Å². The molecule has 2 N–H and O–H groups in total. The second kappa shape index (κ2) is 12.9. The van der Waals surface area contributed by atoms with Gasteiger partial charge >= 0.3 is 12.1 Å². The Morgan fingerprint density at radius 1 is 1.15 bits per heavy atom. The largest absolute Gasteiger partial charge is 0.473 e. The summed E-state index contributed by atoms with van der Waals surface area (Å²) in [6.45, 7) is 9.63. The lowest BCUT2D eigenvalue weighted by atomic mass is 10.1. The number of nitrogens with zero attached hydrogens (tertiary/aromatic N) is 4. The van der Waals surface area contributed by atoms with Crippen molar-refractivity contribution in [3.05, 3.63) is 71.1 Å². The maximum Gasteiger partial charge on any atom is 0.407 e. The first-order valence-electron chi connectivity index (χ1n) is 13.2. The van der Waals surface area contributed by atoms with E-state index in [9.17, 15) is 9.59 Å². The molecule has 0 saturated heterocycles. The Bertz CT molecular complexity index is 1520. The third-order valence-corrected chi connectivity index (χ3v) is 5.86. The third kappa shape index (κ3) is 7.85. The minimum atomic E-state index is -0.603. The molecule has 41 heavy (non-hydrogen) atoms. The Morgan fingerprint density at radius 2 is 1.90 bits per heavy atom. The summed E-state index contributed by atoms with van der Waals surface area (Å²) in [5, 5.41) is 10.8. The predicted octanol–water partition coefficient (Wildman–Crippen LogP) is 5.53. The van der Waals surface area contributed by atoms with Gasteiger partial charge in [-0.05, 0) is 46.2 Å². The van der Waals surface area contributed by atoms with Crippen molar-refractivity contribution in [1.82, 2.24) is 24.9 Å². The Morgan fingerprint density at radius 3 is 2.61 bits per heavy atom. The summed E-state index contributed by atoms with van der Waals surface area (Å²) in [7, 11) is 0. The summed E-state index contributed by atoms with van der Waals surface area (Å²) in [6, 6.07) is 11.4. The number of anilines is 1. The summed E-state index contributed by atoms with van der Waals surface area (Å²) in [4.78, 5) is 33.7. The van der Waals surface area contributed by atoms with Crippen molar-refractivity contribution in [3.8, 4) is 17.0 Å². The van der Waals surface area contributed by atoms with Crippen LogP contribution in [0.15, 0.2) is 55.0 Å². The molecule has 0 aliphatic heterocycles. The average Bonchev–Trinajstić information content (AvgIpc) is 3.34. The van der Waals surface area contributed by atoms with Crippen LogP contribution in [0.25, 0.3) is 16.8 Å². The van der Waals surface area contributed by atoms with Crippen LogP contribution in [0.1, 0.15) is 50.5 Å². The number of ether oxygens (including phenoxy) is 3. The number of pyridine rings is 1. The van der Waals surface area contributed by atoms with Crippen molar-refractivity contribution in [1.29, 1.82) is 0 Å². The van der Waals surface area contributed by atoms with Crippen molar-refractivity contribution in [2.45, 2.75) is 52.9 Å². The van der Waals surface area contributed by atoms with Gasteiger partial charge in [0.25, 0.3) is 0 Å². The highest BCUT2D eigenvalue weighted by molar-refractivity contribution is 6.30. The smallest absolute Gasteiger partial charge is 0.407 e. The van der Waals surface area contributed by atoms with Crippen LogP contribution < -0.4 is 15.4 Å². The molecule has 1 atom stereocenters. The van der Waals surface area contributed by atoms with Crippen molar-refractivity contribution in [3.63, 3.8) is 0 Å². The van der Waals surface area contributed by atoms with Gasteiger partial charge in [-0.3, -0.25) is 0 Å². The number of halogens is 1. The number of amides is 1. The Kier molecular flexibility index (Phi) is 9.28. The van der Waals surface area contributed by atoms with E-state index < -0.39 is 23.8 Å². The monoisotopic (exact) mass is 580 g/mol. The molecule has 4 aromatic rings. The fourth-order valence-electron chi connectivity index (χ4n) is 3.88. The van der Waals surface area contributed by atoms with Crippen LogP contribution in [0.3, 0.4) is 0 Å². The molecule has 11 nitrogen and oxygen atoms in total. The normalized spacial score (nSPS) is 12.0. The quantitative estimate of drug-likeness (QED) is 0.233. The molecule has 0 spiro atoms. The molecule has 3 aromatic heterocycles. The van der Waals surface area contributed by atoms with E-state index in [-0.39, 0.29) is 25.3 Å².